The monoisotopic (exact) mass is 215 g/mol. The summed E-state index contributed by atoms with van der Waals surface area (Å²) in [4.78, 5) is 1.63. The summed E-state index contributed by atoms with van der Waals surface area (Å²) in [7, 11) is 0. The van der Waals surface area contributed by atoms with Crippen molar-refractivity contribution in [3.63, 3.8) is 0 Å². The third-order valence-corrected chi connectivity index (χ3v) is 2.32. The SMILES string of the molecule is CC(C)(C)Cc1ccc(-n2nccn2)cc1. The predicted molar refractivity (Wildman–Crippen MR) is 64.5 cm³/mol. The summed E-state index contributed by atoms with van der Waals surface area (Å²) < 4.78 is 0. The fourth-order valence-corrected chi connectivity index (χ4v) is 1.71. The molecule has 2 aromatic rings. The van der Waals surface area contributed by atoms with Crippen LogP contribution < -0.4 is 0 Å². The van der Waals surface area contributed by atoms with Gasteiger partial charge in [-0.25, -0.2) is 0 Å². The first-order valence-electron chi connectivity index (χ1n) is 5.50. The lowest BCUT2D eigenvalue weighted by atomic mass is 9.88. The van der Waals surface area contributed by atoms with Gasteiger partial charge in [-0.15, -0.1) is 0 Å². The molecule has 3 nitrogen and oxygen atoms in total. The van der Waals surface area contributed by atoms with Crippen LogP contribution in [0.4, 0.5) is 0 Å². The lowest BCUT2D eigenvalue weighted by Crippen LogP contribution is -2.09. The normalized spacial score (nSPS) is 11.7. The molecule has 0 spiro atoms. The molecule has 0 N–H and O–H groups in total. The lowest BCUT2D eigenvalue weighted by molar-refractivity contribution is 0.411. The number of rotatable bonds is 2. The molecule has 16 heavy (non-hydrogen) atoms. The van der Waals surface area contributed by atoms with Crippen LogP contribution in [0.5, 0.6) is 0 Å². The molecule has 0 fully saturated rings. The Balaban J connectivity index is 2.17. The Labute approximate surface area is 96.1 Å². The number of benzene rings is 1. The summed E-state index contributed by atoms with van der Waals surface area (Å²) in [6.45, 7) is 6.74. The Morgan fingerprint density at radius 3 is 2.06 bits per heavy atom. The van der Waals surface area contributed by atoms with Gasteiger partial charge >= 0.3 is 0 Å². The summed E-state index contributed by atoms with van der Waals surface area (Å²) in [5, 5.41) is 8.19. The third-order valence-electron chi connectivity index (χ3n) is 2.32. The molecule has 0 bridgehead atoms. The molecule has 0 unspecified atom stereocenters. The highest BCUT2D eigenvalue weighted by Crippen LogP contribution is 2.21. The topological polar surface area (TPSA) is 30.7 Å². The number of hydrogen-bond donors (Lipinski definition) is 0. The summed E-state index contributed by atoms with van der Waals surface area (Å²) in [6, 6.07) is 8.40. The minimum absolute atomic E-state index is 0.325. The Hall–Kier alpha value is -1.64. The predicted octanol–water partition coefficient (Wildman–Crippen LogP) is 2.86. The van der Waals surface area contributed by atoms with Crippen LogP contribution in [0.2, 0.25) is 0 Å². The molecule has 0 amide bonds. The van der Waals surface area contributed by atoms with Crippen molar-refractivity contribution in [3.05, 3.63) is 42.2 Å². The molecule has 0 atom stereocenters. The van der Waals surface area contributed by atoms with Crippen LogP contribution in [-0.4, -0.2) is 15.0 Å². The molecular weight excluding hydrogens is 198 g/mol. The Bertz CT molecular complexity index is 435. The summed E-state index contributed by atoms with van der Waals surface area (Å²) in [5.41, 5.74) is 2.68. The van der Waals surface area contributed by atoms with Crippen molar-refractivity contribution in [2.75, 3.05) is 0 Å². The highest BCUT2D eigenvalue weighted by molar-refractivity contribution is 5.32. The zero-order chi connectivity index (χ0) is 11.6. The average Bonchev–Trinajstić information content (AvgIpc) is 2.69. The standard InChI is InChI=1S/C13H17N3/c1-13(2,3)10-11-4-6-12(7-5-11)16-14-8-9-15-16/h4-9H,10H2,1-3H3. The van der Waals surface area contributed by atoms with Gasteiger partial charge in [-0.2, -0.15) is 15.0 Å². The maximum absolute atomic E-state index is 4.10. The van der Waals surface area contributed by atoms with Gasteiger partial charge in [-0.1, -0.05) is 32.9 Å². The first kappa shape index (κ1) is 10.9. The average molecular weight is 215 g/mol. The van der Waals surface area contributed by atoms with Gasteiger partial charge in [0.15, 0.2) is 0 Å². The number of aromatic nitrogens is 3. The summed E-state index contributed by atoms with van der Waals surface area (Å²) in [5.74, 6) is 0. The Kier molecular flexibility index (Phi) is 2.77. The molecule has 2 rings (SSSR count). The molecule has 0 aliphatic carbocycles. The van der Waals surface area contributed by atoms with E-state index < -0.39 is 0 Å². The Morgan fingerprint density at radius 2 is 1.56 bits per heavy atom. The second-order valence-electron chi connectivity index (χ2n) is 5.22. The van der Waals surface area contributed by atoms with E-state index in [4.69, 9.17) is 0 Å². The van der Waals surface area contributed by atoms with Crippen LogP contribution in [0.15, 0.2) is 36.7 Å². The third kappa shape index (κ3) is 2.69. The molecule has 0 saturated heterocycles. The van der Waals surface area contributed by atoms with Crippen LogP contribution in [-0.2, 0) is 6.42 Å². The fourth-order valence-electron chi connectivity index (χ4n) is 1.71. The van der Waals surface area contributed by atoms with Gasteiger partial charge < -0.3 is 0 Å². The van der Waals surface area contributed by atoms with E-state index in [1.54, 1.807) is 17.2 Å². The van der Waals surface area contributed by atoms with Crippen molar-refractivity contribution in [1.82, 2.24) is 15.0 Å². The van der Waals surface area contributed by atoms with Crippen molar-refractivity contribution in [2.24, 2.45) is 5.41 Å². The number of nitrogens with zero attached hydrogens (tertiary/aromatic N) is 3. The molecule has 84 valence electrons. The van der Waals surface area contributed by atoms with Gasteiger partial charge in [-0.05, 0) is 29.5 Å². The van der Waals surface area contributed by atoms with Crippen LogP contribution >= 0.6 is 0 Å². The van der Waals surface area contributed by atoms with Gasteiger partial charge in [0.25, 0.3) is 0 Å². The van der Waals surface area contributed by atoms with Gasteiger partial charge in [0, 0.05) is 0 Å². The molecule has 1 aromatic heterocycles. The van der Waals surface area contributed by atoms with E-state index in [1.807, 2.05) is 0 Å². The number of hydrogen-bond acceptors (Lipinski definition) is 2. The van der Waals surface area contributed by atoms with Crippen LogP contribution in [0.3, 0.4) is 0 Å². The maximum atomic E-state index is 4.10. The van der Waals surface area contributed by atoms with Gasteiger partial charge in [-0.3, -0.25) is 0 Å². The summed E-state index contributed by atoms with van der Waals surface area (Å²) >= 11 is 0. The molecule has 1 heterocycles. The van der Waals surface area contributed by atoms with Gasteiger partial charge in [0.05, 0.1) is 18.1 Å². The molecule has 3 heteroatoms. The van der Waals surface area contributed by atoms with Crippen LogP contribution in [0.25, 0.3) is 5.69 Å². The molecule has 0 saturated carbocycles. The highest BCUT2D eigenvalue weighted by Gasteiger charge is 2.11. The lowest BCUT2D eigenvalue weighted by Gasteiger charge is -2.18. The molecule has 0 radical (unpaired) electrons. The smallest absolute Gasteiger partial charge is 0.0856 e. The highest BCUT2D eigenvalue weighted by atomic mass is 15.5. The first-order chi connectivity index (χ1) is 7.54. The zero-order valence-corrected chi connectivity index (χ0v) is 10.0. The molecule has 0 aliphatic heterocycles. The second-order valence-corrected chi connectivity index (χ2v) is 5.22. The van der Waals surface area contributed by atoms with Crippen molar-refractivity contribution in [1.29, 1.82) is 0 Å². The van der Waals surface area contributed by atoms with E-state index in [1.165, 1.54) is 5.56 Å². The van der Waals surface area contributed by atoms with E-state index in [0.717, 1.165) is 12.1 Å². The summed E-state index contributed by atoms with van der Waals surface area (Å²) in [6.07, 6.45) is 4.45. The van der Waals surface area contributed by atoms with Crippen LogP contribution in [0.1, 0.15) is 26.3 Å². The largest absolute Gasteiger partial charge is 0.157 e. The fraction of sp³-hybridized carbons (Fsp3) is 0.385. The van der Waals surface area contributed by atoms with Crippen molar-refractivity contribution in [2.45, 2.75) is 27.2 Å². The van der Waals surface area contributed by atoms with E-state index in [-0.39, 0.29) is 0 Å². The molecular formula is C13H17N3. The quantitative estimate of drug-likeness (QED) is 0.771. The minimum Gasteiger partial charge on any atom is -0.157 e. The minimum atomic E-state index is 0.325. The van der Waals surface area contributed by atoms with Gasteiger partial charge in [0.1, 0.15) is 0 Å². The molecule has 0 aliphatic rings. The van der Waals surface area contributed by atoms with Crippen molar-refractivity contribution in [3.8, 4) is 5.69 Å². The van der Waals surface area contributed by atoms with Crippen molar-refractivity contribution < 1.29 is 0 Å². The van der Waals surface area contributed by atoms with Crippen molar-refractivity contribution >= 4 is 0 Å². The maximum Gasteiger partial charge on any atom is 0.0856 e. The van der Waals surface area contributed by atoms with E-state index >= 15 is 0 Å². The Morgan fingerprint density at radius 1 is 1.00 bits per heavy atom. The molecule has 1 aromatic carbocycles. The second kappa shape index (κ2) is 4.08. The van der Waals surface area contributed by atoms with Gasteiger partial charge in [0.2, 0.25) is 0 Å². The van der Waals surface area contributed by atoms with E-state index in [2.05, 4.69) is 55.2 Å². The van der Waals surface area contributed by atoms with Crippen LogP contribution in [0, 0.1) is 5.41 Å². The van der Waals surface area contributed by atoms with E-state index in [0.29, 0.717) is 5.41 Å². The first-order valence-corrected chi connectivity index (χ1v) is 5.50. The zero-order valence-electron chi connectivity index (χ0n) is 10.0. The van der Waals surface area contributed by atoms with E-state index in [9.17, 15) is 0 Å².